The Hall–Kier alpha value is -1.86. The second kappa shape index (κ2) is 5.46. The zero-order valence-electron chi connectivity index (χ0n) is 10.4. The van der Waals surface area contributed by atoms with Crippen molar-refractivity contribution in [3.8, 4) is 6.07 Å². The Balaban J connectivity index is 2.95. The third kappa shape index (κ3) is 3.30. The van der Waals surface area contributed by atoms with Crippen LogP contribution in [-0.4, -0.2) is 38.2 Å². The molecule has 0 radical (unpaired) electrons. The third-order valence-corrected chi connectivity index (χ3v) is 2.70. The number of carbonyl (C=O) groups excluding carboxylic acids is 1. The van der Waals surface area contributed by atoms with Crippen molar-refractivity contribution in [2.45, 2.75) is 6.04 Å². The van der Waals surface area contributed by atoms with Crippen LogP contribution in [0.4, 0.5) is 0 Å². The van der Waals surface area contributed by atoms with E-state index in [1.165, 1.54) is 7.11 Å². The van der Waals surface area contributed by atoms with Gasteiger partial charge in [0.25, 0.3) is 0 Å². The van der Waals surface area contributed by atoms with Gasteiger partial charge in [-0.05, 0) is 0 Å². The van der Waals surface area contributed by atoms with E-state index in [-0.39, 0.29) is 23.0 Å². The van der Waals surface area contributed by atoms with Gasteiger partial charge in [0.1, 0.15) is 6.07 Å². The molecule has 4 nitrogen and oxygen atoms in total. The van der Waals surface area contributed by atoms with Gasteiger partial charge in [-0.3, -0.25) is 0 Å². The second-order valence-electron chi connectivity index (χ2n) is 4.46. The van der Waals surface area contributed by atoms with Crippen molar-refractivity contribution >= 4 is 5.97 Å². The Morgan fingerprint density at radius 2 is 2.00 bits per heavy atom. The highest BCUT2D eigenvalue weighted by Crippen LogP contribution is 2.23. The van der Waals surface area contributed by atoms with E-state index in [9.17, 15) is 10.1 Å². The van der Waals surface area contributed by atoms with Crippen molar-refractivity contribution in [3.63, 3.8) is 0 Å². The van der Waals surface area contributed by atoms with E-state index in [1.807, 2.05) is 44.4 Å². The third-order valence-electron chi connectivity index (χ3n) is 2.70. The molecule has 0 fully saturated rings. The summed E-state index contributed by atoms with van der Waals surface area (Å²) in [7, 11) is 5.04. The summed E-state index contributed by atoms with van der Waals surface area (Å²) in [5.41, 5.74) is 0.906. The summed E-state index contributed by atoms with van der Waals surface area (Å²) < 4.78 is 4.91. The second-order valence-corrected chi connectivity index (χ2v) is 4.46. The fourth-order valence-electron chi connectivity index (χ4n) is 1.76. The molecule has 0 amide bonds. The molecule has 0 N–H and O–H groups in total. The minimum absolute atomic E-state index is 0.170. The summed E-state index contributed by atoms with van der Waals surface area (Å²) in [6.45, 7) is 0.170. The van der Waals surface area contributed by atoms with Gasteiger partial charge in [0.2, 0.25) is 6.04 Å². The number of hydrogen-bond acceptors (Lipinski definition) is 3. The van der Waals surface area contributed by atoms with Gasteiger partial charge in [0, 0.05) is 5.56 Å². The SMILES string of the molecule is COC(=O)C[N+](C)(C)C(C#N)c1ccccc1. The summed E-state index contributed by atoms with van der Waals surface area (Å²) in [6.07, 6.45) is 0. The minimum Gasteiger partial charge on any atom is -0.465 e. The van der Waals surface area contributed by atoms with Crippen molar-refractivity contribution in [2.75, 3.05) is 27.7 Å². The van der Waals surface area contributed by atoms with Crippen LogP contribution in [0.1, 0.15) is 11.6 Å². The summed E-state index contributed by atoms with van der Waals surface area (Å²) in [5.74, 6) is -0.314. The van der Waals surface area contributed by atoms with Crippen LogP contribution in [0.2, 0.25) is 0 Å². The summed E-state index contributed by atoms with van der Waals surface area (Å²) in [4.78, 5) is 11.3. The fourth-order valence-corrected chi connectivity index (χ4v) is 1.76. The van der Waals surface area contributed by atoms with Gasteiger partial charge in [-0.1, -0.05) is 30.3 Å². The van der Waals surface area contributed by atoms with Gasteiger partial charge in [-0.15, -0.1) is 0 Å². The molecule has 17 heavy (non-hydrogen) atoms. The maximum Gasteiger partial charge on any atom is 0.361 e. The van der Waals surface area contributed by atoms with E-state index in [0.717, 1.165) is 5.56 Å². The Morgan fingerprint density at radius 3 is 2.47 bits per heavy atom. The van der Waals surface area contributed by atoms with E-state index in [2.05, 4.69) is 10.8 Å². The zero-order chi connectivity index (χ0) is 12.9. The summed E-state index contributed by atoms with van der Waals surface area (Å²) in [5, 5.41) is 9.28. The van der Waals surface area contributed by atoms with Crippen LogP contribution in [0.25, 0.3) is 0 Å². The number of nitriles is 1. The maximum absolute atomic E-state index is 11.3. The van der Waals surface area contributed by atoms with Crippen LogP contribution in [0.3, 0.4) is 0 Å². The molecule has 0 heterocycles. The van der Waals surface area contributed by atoms with Gasteiger partial charge in [0.05, 0.1) is 21.2 Å². The van der Waals surface area contributed by atoms with E-state index >= 15 is 0 Å². The molecule has 0 aliphatic heterocycles. The predicted octanol–water partition coefficient (Wildman–Crippen LogP) is 1.50. The average Bonchev–Trinajstić information content (AvgIpc) is 2.30. The molecule has 1 atom stereocenters. The van der Waals surface area contributed by atoms with E-state index in [1.54, 1.807) is 0 Å². The lowest BCUT2D eigenvalue weighted by Gasteiger charge is -2.32. The van der Waals surface area contributed by atoms with E-state index < -0.39 is 0 Å². The zero-order valence-corrected chi connectivity index (χ0v) is 10.4. The van der Waals surface area contributed by atoms with Crippen LogP contribution in [-0.2, 0) is 9.53 Å². The molecule has 1 unspecified atom stereocenters. The van der Waals surface area contributed by atoms with Gasteiger partial charge < -0.3 is 9.22 Å². The first-order valence-electron chi connectivity index (χ1n) is 5.35. The quantitative estimate of drug-likeness (QED) is 0.585. The standard InChI is InChI=1S/C13H17N2O2/c1-15(2,10-13(16)17-3)12(9-14)11-7-5-4-6-8-11/h4-8,12H,10H2,1-3H3/q+1. The number of rotatable bonds is 4. The van der Waals surface area contributed by atoms with Crippen molar-refractivity contribution in [2.24, 2.45) is 0 Å². The first-order valence-corrected chi connectivity index (χ1v) is 5.35. The molecule has 0 saturated carbocycles. The molecule has 0 aliphatic carbocycles. The van der Waals surface area contributed by atoms with Crippen molar-refractivity contribution in [1.82, 2.24) is 0 Å². The normalized spacial score (nSPS) is 12.6. The molecule has 1 aromatic carbocycles. The Kier molecular flexibility index (Phi) is 4.24. The maximum atomic E-state index is 11.3. The molecule has 4 heteroatoms. The summed E-state index contributed by atoms with van der Waals surface area (Å²) >= 11 is 0. The lowest BCUT2D eigenvalue weighted by molar-refractivity contribution is -0.905. The molecule has 0 aromatic heterocycles. The van der Waals surface area contributed by atoms with Gasteiger partial charge in [0.15, 0.2) is 6.54 Å². The number of methoxy groups -OCH3 is 1. The van der Waals surface area contributed by atoms with Crippen molar-refractivity contribution in [3.05, 3.63) is 35.9 Å². The molecule has 0 saturated heterocycles. The first kappa shape index (κ1) is 13.2. The molecule has 1 rings (SSSR count). The average molecular weight is 233 g/mol. The number of esters is 1. The van der Waals surface area contributed by atoms with Crippen molar-refractivity contribution < 1.29 is 14.0 Å². The molecule has 0 bridgehead atoms. The lowest BCUT2D eigenvalue weighted by atomic mass is 10.1. The molecule has 0 spiro atoms. The van der Waals surface area contributed by atoms with E-state index in [4.69, 9.17) is 0 Å². The highest BCUT2D eigenvalue weighted by Gasteiger charge is 2.32. The minimum atomic E-state index is -0.379. The number of nitrogens with zero attached hydrogens (tertiary/aromatic N) is 2. The number of ether oxygens (including phenoxy) is 1. The molecule has 0 aliphatic rings. The van der Waals surface area contributed by atoms with Crippen molar-refractivity contribution in [1.29, 1.82) is 5.26 Å². The van der Waals surface area contributed by atoms with Crippen LogP contribution in [0.15, 0.2) is 30.3 Å². The number of hydrogen-bond donors (Lipinski definition) is 0. The van der Waals surface area contributed by atoms with Gasteiger partial charge in [-0.2, -0.15) is 5.26 Å². The van der Waals surface area contributed by atoms with Crippen LogP contribution in [0, 0.1) is 11.3 Å². The lowest BCUT2D eigenvalue weighted by Crippen LogP contribution is -2.46. The van der Waals surface area contributed by atoms with Crippen LogP contribution < -0.4 is 0 Å². The van der Waals surface area contributed by atoms with E-state index in [0.29, 0.717) is 0 Å². The van der Waals surface area contributed by atoms with Crippen LogP contribution >= 0.6 is 0 Å². The largest absolute Gasteiger partial charge is 0.465 e. The fraction of sp³-hybridized carbons (Fsp3) is 0.385. The predicted molar refractivity (Wildman–Crippen MR) is 63.8 cm³/mol. The highest BCUT2D eigenvalue weighted by molar-refractivity contribution is 5.70. The highest BCUT2D eigenvalue weighted by atomic mass is 16.5. The smallest absolute Gasteiger partial charge is 0.361 e. The Morgan fingerprint density at radius 1 is 1.41 bits per heavy atom. The topological polar surface area (TPSA) is 50.1 Å². The Bertz CT molecular complexity index is 421. The molecular weight excluding hydrogens is 216 g/mol. The number of carbonyl (C=O) groups is 1. The summed E-state index contributed by atoms with van der Waals surface area (Å²) in [6, 6.07) is 11.3. The number of benzene rings is 1. The monoisotopic (exact) mass is 233 g/mol. The first-order chi connectivity index (χ1) is 8.01. The molecular formula is C13H17N2O2+. The number of quaternary nitrogens is 1. The molecule has 1 aromatic rings. The van der Waals surface area contributed by atoms with Crippen LogP contribution in [0.5, 0.6) is 0 Å². The Labute approximate surface area is 102 Å². The van der Waals surface area contributed by atoms with Gasteiger partial charge >= 0.3 is 5.97 Å². The molecule has 90 valence electrons. The number of likely N-dealkylation sites (N-methyl/N-ethyl adjacent to an activating group) is 1. The van der Waals surface area contributed by atoms with Gasteiger partial charge in [-0.25, -0.2) is 4.79 Å².